The van der Waals surface area contributed by atoms with Gasteiger partial charge in [0.05, 0.1) is 7.11 Å². The van der Waals surface area contributed by atoms with Gasteiger partial charge in [0.2, 0.25) is 0 Å². The lowest BCUT2D eigenvalue weighted by atomic mass is 10.0. The van der Waals surface area contributed by atoms with Crippen molar-refractivity contribution >= 4 is 23.5 Å². The van der Waals surface area contributed by atoms with Crippen molar-refractivity contribution in [3.63, 3.8) is 0 Å². The van der Waals surface area contributed by atoms with Crippen LogP contribution < -0.4 is 10.1 Å². The first-order valence-corrected chi connectivity index (χ1v) is 9.94. The lowest BCUT2D eigenvalue weighted by molar-refractivity contribution is 0.414. The highest BCUT2D eigenvalue weighted by Gasteiger charge is 2.29. The molecule has 2 rings (SSSR count). The summed E-state index contributed by atoms with van der Waals surface area (Å²) in [5.41, 5.74) is 1.40. The second-order valence-electron chi connectivity index (χ2n) is 5.46. The lowest BCUT2D eigenvalue weighted by Gasteiger charge is -2.35. The van der Waals surface area contributed by atoms with Crippen LogP contribution in [-0.4, -0.2) is 41.7 Å². The molecule has 0 bridgehead atoms. The number of ether oxygens (including phenoxy) is 1. The monoisotopic (exact) mass is 325 g/mol. The van der Waals surface area contributed by atoms with Crippen LogP contribution in [-0.2, 0) is 6.42 Å². The summed E-state index contributed by atoms with van der Waals surface area (Å²) in [7, 11) is 1.72. The number of benzene rings is 1. The van der Waals surface area contributed by atoms with Gasteiger partial charge in [0, 0.05) is 28.0 Å². The zero-order chi connectivity index (χ0) is 15.1. The predicted octanol–water partition coefficient (Wildman–Crippen LogP) is 3.84. The van der Waals surface area contributed by atoms with E-state index in [1.807, 2.05) is 0 Å². The fourth-order valence-corrected chi connectivity index (χ4v) is 5.85. The molecule has 1 heterocycles. The summed E-state index contributed by atoms with van der Waals surface area (Å²) in [6.45, 7) is 5.66. The number of aryl methyl sites for hydroxylation is 1. The molecular weight excluding hydrogens is 298 g/mol. The summed E-state index contributed by atoms with van der Waals surface area (Å²) >= 11 is 4.29. The van der Waals surface area contributed by atoms with Crippen LogP contribution in [0.2, 0.25) is 0 Å². The van der Waals surface area contributed by atoms with Crippen LogP contribution in [0.3, 0.4) is 0 Å². The Kier molecular flexibility index (Phi) is 7.27. The minimum absolute atomic E-state index is 0.616. The molecule has 1 saturated heterocycles. The van der Waals surface area contributed by atoms with Crippen molar-refractivity contribution in [2.75, 3.05) is 25.2 Å². The molecule has 3 unspecified atom stereocenters. The number of rotatable bonds is 7. The van der Waals surface area contributed by atoms with Crippen LogP contribution in [0.1, 0.15) is 25.8 Å². The predicted molar refractivity (Wildman–Crippen MR) is 96.9 cm³/mol. The molecule has 3 atom stereocenters. The molecule has 2 nitrogen and oxygen atoms in total. The molecule has 0 radical (unpaired) electrons. The molecule has 118 valence electrons. The Balaban J connectivity index is 1.92. The van der Waals surface area contributed by atoms with E-state index >= 15 is 0 Å². The average molecular weight is 326 g/mol. The average Bonchev–Trinajstić information content (AvgIpc) is 2.53. The van der Waals surface area contributed by atoms with E-state index in [1.165, 1.54) is 23.5 Å². The summed E-state index contributed by atoms with van der Waals surface area (Å²) in [6.07, 6.45) is 2.35. The normalized spacial score (nSPS) is 23.8. The smallest absolute Gasteiger partial charge is 0.118 e. The largest absolute Gasteiger partial charge is 0.497 e. The van der Waals surface area contributed by atoms with Gasteiger partial charge in [-0.3, -0.25) is 0 Å². The minimum atomic E-state index is 0.616. The number of methoxy groups -OCH3 is 1. The highest BCUT2D eigenvalue weighted by atomic mass is 32.2. The van der Waals surface area contributed by atoms with Crippen molar-refractivity contribution in [1.29, 1.82) is 0 Å². The van der Waals surface area contributed by atoms with Gasteiger partial charge < -0.3 is 10.1 Å². The first-order chi connectivity index (χ1) is 10.2. The van der Waals surface area contributed by atoms with Crippen LogP contribution in [0.4, 0.5) is 0 Å². The van der Waals surface area contributed by atoms with E-state index in [0.717, 1.165) is 29.2 Å². The summed E-state index contributed by atoms with van der Waals surface area (Å²) in [6, 6.07) is 9.11. The zero-order valence-corrected chi connectivity index (χ0v) is 14.9. The van der Waals surface area contributed by atoms with Gasteiger partial charge in [-0.25, -0.2) is 0 Å². The summed E-state index contributed by atoms with van der Waals surface area (Å²) in [5, 5.41) is 5.21. The third-order valence-corrected chi connectivity index (χ3v) is 7.25. The van der Waals surface area contributed by atoms with Gasteiger partial charge in [-0.05, 0) is 37.1 Å². The molecular formula is C17H27NOS2. The van der Waals surface area contributed by atoms with Gasteiger partial charge in [-0.1, -0.05) is 26.0 Å². The summed E-state index contributed by atoms with van der Waals surface area (Å²) < 4.78 is 5.22. The van der Waals surface area contributed by atoms with Gasteiger partial charge in [0.1, 0.15) is 5.75 Å². The van der Waals surface area contributed by atoms with Gasteiger partial charge in [-0.15, -0.1) is 0 Å². The van der Waals surface area contributed by atoms with Crippen molar-refractivity contribution in [2.24, 2.45) is 0 Å². The first-order valence-electron chi connectivity index (χ1n) is 7.84. The Morgan fingerprint density at radius 2 is 1.95 bits per heavy atom. The van der Waals surface area contributed by atoms with Crippen molar-refractivity contribution < 1.29 is 4.74 Å². The van der Waals surface area contributed by atoms with Crippen molar-refractivity contribution in [1.82, 2.24) is 5.32 Å². The van der Waals surface area contributed by atoms with E-state index < -0.39 is 0 Å². The van der Waals surface area contributed by atoms with Crippen LogP contribution in [0.15, 0.2) is 24.3 Å². The maximum atomic E-state index is 5.22. The van der Waals surface area contributed by atoms with E-state index in [2.05, 4.69) is 67.0 Å². The maximum absolute atomic E-state index is 5.22. The van der Waals surface area contributed by atoms with Gasteiger partial charge in [0.25, 0.3) is 0 Å². The molecule has 1 fully saturated rings. The number of hydrogen-bond acceptors (Lipinski definition) is 4. The number of nitrogens with one attached hydrogen (secondary N) is 1. The molecule has 4 heteroatoms. The number of thioether (sulfide) groups is 2. The Bertz CT molecular complexity index is 410. The first kappa shape index (κ1) is 17.0. The number of hydrogen-bond donors (Lipinski definition) is 1. The molecule has 1 aliphatic heterocycles. The molecule has 0 amide bonds. The van der Waals surface area contributed by atoms with Crippen LogP contribution in [0.25, 0.3) is 0 Å². The van der Waals surface area contributed by atoms with E-state index in [9.17, 15) is 0 Å². The van der Waals surface area contributed by atoms with E-state index in [4.69, 9.17) is 4.74 Å². The second-order valence-corrected chi connectivity index (χ2v) is 8.23. The maximum Gasteiger partial charge on any atom is 0.118 e. The molecule has 21 heavy (non-hydrogen) atoms. The molecule has 1 aromatic rings. The van der Waals surface area contributed by atoms with Crippen LogP contribution >= 0.6 is 23.5 Å². The SMILES string of the molecule is CCNC(CCc1ccc(OC)cc1)C1SCCSC1C. The van der Waals surface area contributed by atoms with E-state index in [1.54, 1.807) is 7.11 Å². The fourth-order valence-electron chi connectivity index (χ4n) is 2.85. The zero-order valence-electron chi connectivity index (χ0n) is 13.3. The van der Waals surface area contributed by atoms with E-state index in [0.29, 0.717) is 6.04 Å². The lowest BCUT2D eigenvalue weighted by Crippen LogP contribution is -2.44. The van der Waals surface area contributed by atoms with Crippen molar-refractivity contribution in [3.05, 3.63) is 29.8 Å². The minimum Gasteiger partial charge on any atom is -0.497 e. The second kappa shape index (κ2) is 8.96. The van der Waals surface area contributed by atoms with Crippen LogP contribution in [0.5, 0.6) is 5.75 Å². The standard InChI is InChI=1S/C17H27NOS2/c1-4-18-16(17-13(2)20-11-12-21-17)10-7-14-5-8-15(19-3)9-6-14/h5-6,8-9,13,16-18H,4,7,10-12H2,1-3H3. The fraction of sp³-hybridized carbons (Fsp3) is 0.647. The van der Waals surface area contributed by atoms with Crippen molar-refractivity contribution in [2.45, 2.75) is 43.2 Å². The molecule has 1 aromatic carbocycles. The Morgan fingerprint density at radius 3 is 2.57 bits per heavy atom. The highest BCUT2D eigenvalue weighted by molar-refractivity contribution is 8.07. The Morgan fingerprint density at radius 1 is 1.24 bits per heavy atom. The van der Waals surface area contributed by atoms with Crippen molar-refractivity contribution in [3.8, 4) is 5.75 Å². The molecule has 0 aliphatic carbocycles. The quantitative estimate of drug-likeness (QED) is 0.822. The summed E-state index contributed by atoms with van der Waals surface area (Å²) in [4.78, 5) is 0. The van der Waals surface area contributed by atoms with Gasteiger partial charge in [0.15, 0.2) is 0 Å². The summed E-state index contributed by atoms with van der Waals surface area (Å²) in [5.74, 6) is 3.54. The molecule has 1 N–H and O–H groups in total. The van der Waals surface area contributed by atoms with Gasteiger partial charge >= 0.3 is 0 Å². The Hall–Kier alpha value is -0.320. The van der Waals surface area contributed by atoms with Gasteiger partial charge in [-0.2, -0.15) is 23.5 Å². The topological polar surface area (TPSA) is 21.3 Å². The molecule has 0 saturated carbocycles. The van der Waals surface area contributed by atoms with Crippen LogP contribution in [0, 0.1) is 0 Å². The molecule has 0 aromatic heterocycles. The highest BCUT2D eigenvalue weighted by Crippen LogP contribution is 2.34. The van der Waals surface area contributed by atoms with E-state index in [-0.39, 0.29) is 0 Å². The molecule has 0 spiro atoms. The molecule has 1 aliphatic rings. The Labute approximate surface area is 137 Å². The third kappa shape index (κ3) is 5.11. The third-order valence-electron chi connectivity index (χ3n) is 4.00.